The maximum Gasteiger partial charge on any atom is 0.181 e. The standard InChI is InChI=1S/C16H11N5S/c17-16-21-14(12-4-1-2-8-19-12)15(22-16)13-7-6-10-11(20-13)5-3-9-18-10/h1-9H,(H2,17,21). The monoisotopic (exact) mass is 305 g/mol. The summed E-state index contributed by atoms with van der Waals surface area (Å²) in [7, 11) is 0. The number of rotatable bonds is 2. The molecule has 22 heavy (non-hydrogen) atoms. The third-order valence-corrected chi connectivity index (χ3v) is 4.15. The number of thiazole rings is 1. The topological polar surface area (TPSA) is 77.6 Å². The van der Waals surface area contributed by atoms with Gasteiger partial charge in [-0.1, -0.05) is 17.4 Å². The van der Waals surface area contributed by atoms with Gasteiger partial charge in [-0.05, 0) is 36.4 Å². The molecule has 0 aromatic carbocycles. The van der Waals surface area contributed by atoms with E-state index < -0.39 is 0 Å². The van der Waals surface area contributed by atoms with Crippen LogP contribution in [0.4, 0.5) is 5.13 Å². The number of nitrogens with two attached hydrogens (primary N) is 1. The highest BCUT2D eigenvalue weighted by Gasteiger charge is 2.16. The zero-order valence-electron chi connectivity index (χ0n) is 11.5. The summed E-state index contributed by atoms with van der Waals surface area (Å²) in [5.41, 5.74) is 10.00. The summed E-state index contributed by atoms with van der Waals surface area (Å²) >= 11 is 1.41. The van der Waals surface area contributed by atoms with E-state index in [1.165, 1.54) is 11.3 Å². The van der Waals surface area contributed by atoms with E-state index in [9.17, 15) is 0 Å². The summed E-state index contributed by atoms with van der Waals surface area (Å²) in [6.07, 6.45) is 3.50. The van der Waals surface area contributed by atoms with Crippen LogP contribution < -0.4 is 5.73 Å². The molecule has 0 spiro atoms. The number of aromatic nitrogens is 4. The molecule has 0 aliphatic carbocycles. The van der Waals surface area contributed by atoms with Crippen LogP contribution in [0.15, 0.2) is 54.9 Å². The summed E-state index contributed by atoms with van der Waals surface area (Å²) in [6, 6.07) is 13.4. The summed E-state index contributed by atoms with van der Waals surface area (Å²) in [5.74, 6) is 0. The van der Waals surface area contributed by atoms with Crippen LogP contribution in [0, 0.1) is 0 Å². The van der Waals surface area contributed by atoms with Gasteiger partial charge >= 0.3 is 0 Å². The van der Waals surface area contributed by atoms with E-state index >= 15 is 0 Å². The number of fused-ring (bicyclic) bond motifs is 1. The van der Waals surface area contributed by atoms with Crippen molar-refractivity contribution in [2.24, 2.45) is 0 Å². The minimum atomic E-state index is 0.503. The molecule has 4 rings (SSSR count). The highest BCUT2D eigenvalue weighted by Crippen LogP contribution is 2.36. The Kier molecular flexibility index (Phi) is 3.01. The molecule has 0 fully saturated rings. The molecule has 0 aliphatic heterocycles. The van der Waals surface area contributed by atoms with E-state index in [1.54, 1.807) is 12.4 Å². The van der Waals surface area contributed by atoms with Crippen LogP contribution >= 0.6 is 11.3 Å². The van der Waals surface area contributed by atoms with E-state index in [1.807, 2.05) is 42.5 Å². The van der Waals surface area contributed by atoms with Gasteiger partial charge in [0.2, 0.25) is 0 Å². The third-order valence-electron chi connectivity index (χ3n) is 3.24. The molecule has 5 nitrogen and oxygen atoms in total. The van der Waals surface area contributed by atoms with E-state index in [2.05, 4.69) is 19.9 Å². The molecule has 4 aromatic rings. The molecule has 106 valence electrons. The van der Waals surface area contributed by atoms with Crippen molar-refractivity contribution in [3.05, 3.63) is 54.9 Å². The number of nitrogen functional groups attached to an aromatic ring is 1. The van der Waals surface area contributed by atoms with Gasteiger partial charge in [-0.25, -0.2) is 9.97 Å². The lowest BCUT2D eigenvalue weighted by Crippen LogP contribution is -1.89. The van der Waals surface area contributed by atoms with Crippen molar-refractivity contribution in [1.29, 1.82) is 0 Å². The largest absolute Gasteiger partial charge is 0.375 e. The first-order chi connectivity index (χ1) is 10.8. The van der Waals surface area contributed by atoms with Crippen LogP contribution in [0.25, 0.3) is 33.0 Å². The zero-order valence-corrected chi connectivity index (χ0v) is 12.3. The van der Waals surface area contributed by atoms with Crippen molar-refractivity contribution >= 4 is 27.5 Å². The molecule has 2 N–H and O–H groups in total. The molecule has 0 bridgehead atoms. The Labute approximate surface area is 130 Å². The second-order valence-electron chi connectivity index (χ2n) is 4.68. The van der Waals surface area contributed by atoms with Gasteiger partial charge in [0.25, 0.3) is 0 Å². The first kappa shape index (κ1) is 12.8. The Bertz CT molecular complexity index is 949. The van der Waals surface area contributed by atoms with E-state index in [0.29, 0.717) is 5.13 Å². The van der Waals surface area contributed by atoms with E-state index in [4.69, 9.17) is 5.73 Å². The predicted molar refractivity (Wildman–Crippen MR) is 88.3 cm³/mol. The summed E-state index contributed by atoms with van der Waals surface area (Å²) in [6.45, 7) is 0. The Morgan fingerprint density at radius 3 is 2.55 bits per heavy atom. The van der Waals surface area contributed by atoms with Gasteiger partial charge in [-0.3, -0.25) is 9.97 Å². The summed E-state index contributed by atoms with van der Waals surface area (Å²) in [5, 5.41) is 0.503. The van der Waals surface area contributed by atoms with Crippen molar-refractivity contribution in [1.82, 2.24) is 19.9 Å². The maximum absolute atomic E-state index is 5.91. The quantitative estimate of drug-likeness (QED) is 0.614. The molecule has 4 aromatic heterocycles. The van der Waals surface area contributed by atoms with E-state index in [-0.39, 0.29) is 0 Å². The minimum absolute atomic E-state index is 0.503. The predicted octanol–water partition coefficient (Wildman–Crippen LogP) is 3.40. The van der Waals surface area contributed by atoms with E-state index in [0.717, 1.165) is 33.0 Å². The Balaban J connectivity index is 1.91. The molecular formula is C16H11N5S. The van der Waals surface area contributed by atoms with Crippen LogP contribution in [-0.4, -0.2) is 19.9 Å². The van der Waals surface area contributed by atoms with Crippen molar-refractivity contribution < 1.29 is 0 Å². The van der Waals surface area contributed by atoms with Gasteiger partial charge in [-0.2, -0.15) is 0 Å². The molecular weight excluding hydrogens is 294 g/mol. The number of hydrogen-bond donors (Lipinski definition) is 1. The third kappa shape index (κ3) is 2.19. The van der Waals surface area contributed by atoms with Gasteiger partial charge in [0.1, 0.15) is 5.69 Å². The van der Waals surface area contributed by atoms with Crippen LogP contribution in [0.1, 0.15) is 0 Å². The van der Waals surface area contributed by atoms with Gasteiger partial charge in [0, 0.05) is 12.4 Å². The second kappa shape index (κ2) is 5.16. The summed E-state index contributed by atoms with van der Waals surface area (Å²) in [4.78, 5) is 18.7. The van der Waals surface area contributed by atoms with Gasteiger partial charge in [-0.15, -0.1) is 0 Å². The van der Waals surface area contributed by atoms with Crippen molar-refractivity contribution in [2.45, 2.75) is 0 Å². The lowest BCUT2D eigenvalue weighted by Gasteiger charge is -2.03. The van der Waals surface area contributed by atoms with Crippen LogP contribution in [-0.2, 0) is 0 Å². The van der Waals surface area contributed by atoms with Crippen LogP contribution in [0.2, 0.25) is 0 Å². The highest BCUT2D eigenvalue weighted by molar-refractivity contribution is 7.19. The number of nitrogens with zero attached hydrogens (tertiary/aromatic N) is 4. The normalized spacial score (nSPS) is 10.9. The number of pyridine rings is 3. The molecule has 0 saturated carbocycles. The van der Waals surface area contributed by atoms with Crippen molar-refractivity contribution in [3.8, 4) is 22.0 Å². The number of hydrogen-bond acceptors (Lipinski definition) is 6. The molecule has 0 saturated heterocycles. The molecule has 0 atom stereocenters. The molecule has 0 amide bonds. The first-order valence-corrected chi connectivity index (χ1v) is 7.53. The lowest BCUT2D eigenvalue weighted by atomic mass is 10.2. The van der Waals surface area contributed by atoms with Crippen molar-refractivity contribution in [3.63, 3.8) is 0 Å². The van der Waals surface area contributed by atoms with Crippen molar-refractivity contribution in [2.75, 3.05) is 5.73 Å². The molecule has 0 radical (unpaired) electrons. The summed E-state index contributed by atoms with van der Waals surface area (Å²) < 4.78 is 0. The smallest absolute Gasteiger partial charge is 0.181 e. The highest BCUT2D eigenvalue weighted by atomic mass is 32.1. The van der Waals surface area contributed by atoms with Gasteiger partial charge < -0.3 is 5.73 Å². The zero-order chi connectivity index (χ0) is 14.9. The maximum atomic E-state index is 5.91. The fraction of sp³-hybridized carbons (Fsp3) is 0. The second-order valence-corrected chi connectivity index (χ2v) is 5.71. The first-order valence-electron chi connectivity index (χ1n) is 6.71. The molecule has 6 heteroatoms. The van der Waals surface area contributed by atoms with Gasteiger partial charge in [0.15, 0.2) is 5.13 Å². The Morgan fingerprint density at radius 2 is 1.68 bits per heavy atom. The fourth-order valence-electron chi connectivity index (χ4n) is 2.27. The molecule has 0 aliphatic rings. The fourth-order valence-corrected chi connectivity index (χ4v) is 3.08. The van der Waals surface area contributed by atoms with Crippen LogP contribution in [0.3, 0.4) is 0 Å². The average molecular weight is 305 g/mol. The Morgan fingerprint density at radius 1 is 0.773 bits per heavy atom. The molecule has 4 heterocycles. The lowest BCUT2D eigenvalue weighted by molar-refractivity contribution is 1.27. The molecule has 0 unspecified atom stereocenters. The van der Waals surface area contributed by atoms with Crippen LogP contribution in [0.5, 0.6) is 0 Å². The average Bonchev–Trinajstić information content (AvgIpc) is 2.97. The number of anilines is 1. The minimum Gasteiger partial charge on any atom is -0.375 e. The van der Waals surface area contributed by atoms with Gasteiger partial charge in [0.05, 0.1) is 27.3 Å². The Hall–Kier alpha value is -2.86. The SMILES string of the molecule is Nc1nc(-c2ccccn2)c(-c2ccc3ncccc3n2)s1.